The van der Waals surface area contributed by atoms with Crippen molar-refractivity contribution >= 4 is 0 Å². The molecule has 0 saturated carbocycles. The van der Waals surface area contributed by atoms with Crippen molar-refractivity contribution in [2.75, 3.05) is 33.4 Å². The monoisotopic (exact) mass is 276 g/mol. The number of benzene rings is 1. The summed E-state index contributed by atoms with van der Waals surface area (Å²) in [6.45, 7) is 4.88. The largest absolute Gasteiger partial charge is 0.497 e. The van der Waals surface area contributed by atoms with Crippen LogP contribution in [0.4, 0.5) is 0 Å². The average molecular weight is 276 g/mol. The predicted molar refractivity (Wildman–Crippen MR) is 79.0 cm³/mol. The summed E-state index contributed by atoms with van der Waals surface area (Å²) in [5.74, 6) is 0.910. The van der Waals surface area contributed by atoms with Gasteiger partial charge >= 0.3 is 0 Å². The molecule has 3 rings (SSSR count). The van der Waals surface area contributed by atoms with E-state index in [0.717, 1.165) is 38.6 Å². The molecule has 4 nitrogen and oxygen atoms in total. The Bertz CT molecular complexity index is 427. The standard InChI is InChI=1S/C16H24N2O2/c1-19-14-4-2-13(3-5-14)10-18-15-11-20-12-16(15)6-8-17-9-7-16/h2-5,15,17-18H,6-12H2,1H3. The smallest absolute Gasteiger partial charge is 0.118 e. The Morgan fingerprint density at radius 3 is 2.75 bits per heavy atom. The van der Waals surface area contributed by atoms with Gasteiger partial charge in [-0.25, -0.2) is 0 Å². The Morgan fingerprint density at radius 1 is 1.30 bits per heavy atom. The van der Waals surface area contributed by atoms with E-state index in [1.807, 2.05) is 12.1 Å². The lowest BCUT2D eigenvalue weighted by Crippen LogP contribution is -2.49. The van der Waals surface area contributed by atoms with Crippen molar-refractivity contribution in [3.63, 3.8) is 0 Å². The lowest BCUT2D eigenvalue weighted by Gasteiger charge is -2.38. The number of ether oxygens (including phenoxy) is 2. The molecule has 20 heavy (non-hydrogen) atoms. The minimum atomic E-state index is 0.345. The SMILES string of the molecule is COc1ccc(CNC2COCC23CCNCC3)cc1. The van der Waals surface area contributed by atoms with Crippen LogP contribution in [0.5, 0.6) is 5.75 Å². The molecule has 1 unspecified atom stereocenters. The molecule has 0 amide bonds. The van der Waals surface area contributed by atoms with E-state index in [-0.39, 0.29) is 0 Å². The molecule has 0 radical (unpaired) electrons. The van der Waals surface area contributed by atoms with Gasteiger partial charge in [-0.05, 0) is 43.6 Å². The lowest BCUT2D eigenvalue weighted by molar-refractivity contribution is 0.123. The first-order valence-corrected chi connectivity index (χ1v) is 7.47. The summed E-state index contributed by atoms with van der Waals surface area (Å²) in [6.07, 6.45) is 2.43. The second-order valence-corrected chi connectivity index (χ2v) is 5.91. The van der Waals surface area contributed by atoms with Crippen molar-refractivity contribution in [3.05, 3.63) is 29.8 Å². The molecule has 1 spiro atoms. The molecule has 2 fully saturated rings. The second-order valence-electron chi connectivity index (χ2n) is 5.91. The minimum absolute atomic E-state index is 0.345. The van der Waals surface area contributed by atoms with E-state index in [0.29, 0.717) is 11.5 Å². The molecular weight excluding hydrogens is 252 g/mol. The maximum atomic E-state index is 5.77. The summed E-state index contributed by atoms with van der Waals surface area (Å²) in [5, 5.41) is 7.15. The quantitative estimate of drug-likeness (QED) is 0.876. The molecule has 1 aromatic rings. The van der Waals surface area contributed by atoms with E-state index in [1.54, 1.807) is 7.11 Å². The Labute approximate surface area is 120 Å². The molecule has 2 heterocycles. The first kappa shape index (κ1) is 13.9. The van der Waals surface area contributed by atoms with Gasteiger partial charge in [0.05, 0.1) is 20.3 Å². The first-order valence-electron chi connectivity index (χ1n) is 7.47. The summed E-state index contributed by atoms with van der Waals surface area (Å²) in [7, 11) is 1.70. The molecule has 2 aliphatic heterocycles. The van der Waals surface area contributed by atoms with Gasteiger partial charge in [-0.1, -0.05) is 12.1 Å². The van der Waals surface area contributed by atoms with Gasteiger partial charge in [0.1, 0.15) is 5.75 Å². The molecule has 2 N–H and O–H groups in total. The van der Waals surface area contributed by atoms with Crippen molar-refractivity contribution < 1.29 is 9.47 Å². The van der Waals surface area contributed by atoms with Crippen molar-refractivity contribution in [3.8, 4) is 5.75 Å². The third-order valence-electron chi connectivity index (χ3n) is 4.72. The van der Waals surface area contributed by atoms with Gasteiger partial charge in [0.25, 0.3) is 0 Å². The maximum absolute atomic E-state index is 5.77. The molecule has 4 heteroatoms. The van der Waals surface area contributed by atoms with E-state index < -0.39 is 0 Å². The molecule has 0 bridgehead atoms. The molecule has 110 valence electrons. The second kappa shape index (κ2) is 6.12. The molecule has 0 aliphatic carbocycles. The summed E-state index contributed by atoms with van der Waals surface area (Å²) in [4.78, 5) is 0. The number of nitrogens with one attached hydrogen (secondary N) is 2. The van der Waals surface area contributed by atoms with E-state index in [9.17, 15) is 0 Å². The first-order chi connectivity index (χ1) is 9.82. The van der Waals surface area contributed by atoms with Gasteiger partial charge in [-0.3, -0.25) is 0 Å². The summed E-state index contributed by atoms with van der Waals surface area (Å²) in [6, 6.07) is 8.75. The van der Waals surface area contributed by atoms with E-state index in [1.165, 1.54) is 18.4 Å². The molecule has 2 saturated heterocycles. The van der Waals surface area contributed by atoms with Crippen molar-refractivity contribution in [2.45, 2.75) is 25.4 Å². The fourth-order valence-corrected chi connectivity index (χ4v) is 3.33. The highest BCUT2D eigenvalue weighted by Crippen LogP contribution is 2.37. The molecule has 1 atom stereocenters. The van der Waals surface area contributed by atoms with Crippen LogP contribution < -0.4 is 15.4 Å². The molecule has 1 aromatic carbocycles. The Kier molecular flexibility index (Phi) is 4.24. The third-order valence-corrected chi connectivity index (χ3v) is 4.72. The Hall–Kier alpha value is -1.10. The van der Waals surface area contributed by atoms with Crippen LogP contribution >= 0.6 is 0 Å². The van der Waals surface area contributed by atoms with E-state index in [2.05, 4.69) is 22.8 Å². The van der Waals surface area contributed by atoms with Crippen LogP contribution in [0.25, 0.3) is 0 Å². The van der Waals surface area contributed by atoms with Gasteiger partial charge in [0, 0.05) is 18.0 Å². The zero-order valence-corrected chi connectivity index (χ0v) is 12.2. The molecule has 0 aromatic heterocycles. The van der Waals surface area contributed by atoms with Crippen LogP contribution in [-0.2, 0) is 11.3 Å². The zero-order chi connectivity index (χ0) is 13.8. The van der Waals surface area contributed by atoms with Gasteiger partial charge in [0.15, 0.2) is 0 Å². The lowest BCUT2D eigenvalue weighted by atomic mass is 9.75. The third kappa shape index (κ3) is 2.82. The fraction of sp³-hybridized carbons (Fsp3) is 0.625. The van der Waals surface area contributed by atoms with Crippen molar-refractivity contribution in [2.24, 2.45) is 5.41 Å². The molecule has 2 aliphatic rings. The minimum Gasteiger partial charge on any atom is -0.497 e. The Balaban J connectivity index is 1.59. The summed E-state index contributed by atoms with van der Waals surface area (Å²) < 4.78 is 11.0. The normalized spacial score (nSPS) is 24.9. The van der Waals surface area contributed by atoms with Gasteiger partial charge < -0.3 is 20.1 Å². The molecular formula is C16H24N2O2. The highest BCUT2D eigenvalue weighted by molar-refractivity contribution is 5.27. The number of hydrogen-bond acceptors (Lipinski definition) is 4. The van der Waals surface area contributed by atoms with Gasteiger partial charge in [0.2, 0.25) is 0 Å². The highest BCUT2D eigenvalue weighted by atomic mass is 16.5. The van der Waals surface area contributed by atoms with Crippen LogP contribution in [-0.4, -0.2) is 39.5 Å². The van der Waals surface area contributed by atoms with Crippen molar-refractivity contribution in [1.29, 1.82) is 0 Å². The van der Waals surface area contributed by atoms with Crippen LogP contribution in [0.3, 0.4) is 0 Å². The number of rotatable bonds is 4. The van der Waals surface area contributed by atoms with Crippen molar-refractivity contribution in [1.82, 2.24) is 10.6 Å². The number of piperidine rings is 1. The predicted octanol–water partition coefficient (Wildman–Crippen LogP) is 1.55. The van der Waals surface area contributed by atoms with Crippen LogP contribution in [0.1, 0.15) is 18.4 Å². The number of hydrogen-bond donors (Lipinski definition) is 2. The van der Waals surface area contributed by atoms with Gasteiger partial charge in [-0.15, -0.1) is 0 Å². The van der Waals surface area contributed by atoms with E-state index >= 15 is 0 Å². The van der Waals surface area contributed by atoms with Crippen LogP contribution in [0.2, 0.25) is 0 Å². The van der Waals surface area contributed by atoms with Crippen LogP contribution in [0, 0.1) is 5.41 Å². The fourth-order valence-electron chi connectivity index (χ4n) is 3.33. The average Bonchev–Trinajstić information content (AvgIpc) is 2.88. The Morgan fingerprint density at radius 2 is 2.05 bits per heavy atom. The summed E-state index contributed by atoms with van der Waals surface area (Å²) in [5.41, 5.74) is 1.64. The summed E-state index contributed by atoms with van der Waals surface area (Å²) >= 11 is 0. The maximum Gasteiger partial charge on any atom is 0.118 e. The van der Waals surface area contributed by atoms with Crippen LogP contribution in [0.15, 0.2) is 24.3 Å². The number of methoxy groups -OCH3 is 1. The topological polar surface area (TPSA) is 42.5 Å². The highest BCUT2D eigenvalue weighted by Gasteiger charge is 2.44. The van der Waals surface area contributed by atoms with Gasteiger partial charge in [-0.2, -0.15) is 0 Å². The van der Waals surface area contributed by atoms with E-state index in [4.69, 9.17) is 9.47 Å². The zero-order valence-electron chi connectivity index (χ0n) is 12.2.